The predicted octanol–water partition coefficient (Wildman–Crippen LogP) is 1.50. The number of thiophene rings is 1. The van der Waals surface area contributed by atoms with Crippen LogP contribution < -0.4 is 4.90 Å². The molecule has 0 N–H and O–H groups in total. The summed E-state index contributed by atoms with van der Waals surface area (Å²) in [6, 6.07) is 3.91. The van der Waals surface area contributed by atoms with E-state index in [4.69, 9.17) is 4.74 Å². The molecular formula is C9H11NO2S. The average molecular weight is 197 g/mol. The minimum Gasteiger partial charge on any atom is -0.367 e. The molecule has 1 amide bonds. The highest BCUT2D eigenvalue weighted by Crippen LogP contribution is 2.23. The van der Waals surface area contributed by atoms with Crippen LogP contribution in [-0.4, -0.2) is 25.2 Å². The van der Waals surface area contributed by atoms with Crippen molar-refractivity contribution in [3.05, 3.63) is 17.5 Å². The maximum Gasteiger partial charge on any atom is 0.256 e. The van der Waals surface area contributed by atoms with Gasteiger partial charge < -0.3 is 4.74 Å². The third-order valence-corrected chi connectivity index (χ3v) is 2.96. The van der Waals surface area contributed by atoms with Gasteiger partial charge in [-0.3, -0.25) is 9.69 Å². The Balaban J connectivity index is 2.19. The monoisotopic (exact) mass is 197 g/mol. The molecule has 0 aliphatic carbocycles. The van der Waals surface area contributed by atoms with Crippen LogP contribution in [0.1, 0.15) is 6.92 Å². The normalized spacial score (nSPS) is 23.6. The number of morpholine rings is 1. The summed E-state index contributed by atoms with van der Waals surface area (Å²) in [4.78, 5) is 13.4. The van der Waals surface area contributed by atoms with Gasteiger partial charge >= 0.3 is 0 Å². The number of carbonyl (C=O) groups is 1. The number of carbonyl (C=O) groups excluding carboxylic acids is 1. The third kappa shape index (κ3) is 1.59. The summed E-state index contributed by atoms with van der Waals surface area (Å²) in [7, 11) is 0. The van der Waals surface area contributed by atoms with Gasteiger partial charge in [-0.2, -0.15) is 0 Å². The van der Waals surface area contributed by atoms with Crippen molar-refractivity contribution in [2.24, 2.45) is 0 Å². The second-order valence-electron chi connectivity index (χ2n) is 2.95. The summed E-state index contributed by atoms with van der Waals surface area (Å²) in [5, 5.41) is 2.99. The standard InChI is InChI=1S/C9H11NO2S/c1-7-9(11)10(4-5-12-7)8-3-2-6-13-8/h2-3,6-7H,4-5H2,1H3. The van der Waals surface area contributed by atoms with Gasteiger partial charge in [0.25, 0.3) is 5.91 Å². The number of ether oxygens (including phenoxy) is 1. The van der Waals surface area contributed by atoms with E-state index >= 15 is 0 Å². The Morgan fingerprint density at radius 1 is 1.69 bits per heavy atom. The zero-order valence-electron chi connectivity index (χ0n) is 7.40. The number of hydrogen-bond donors (Lipinski definition) is 0. The molecule has 1 fully saturated rings. The lowest BCUT2D eigenvalue weighted by Crippen LogP contribution is -2.46. The SMILES string of the molecule is CC1OCCN(c2cccs2)C1=O. The molecule has 2 rings (SSSR count). The van der Waals surface area contributed by atoms with E-state index in [-0.39, 0.29) is 12.0 Å². The van der Waals surface area contributed by atoms with Crippen LogP contribution >= 0.6 is 11.3 Å². The van der Waals surface area contributed by atoms with Crippen molar-refractivity contribution in [1.82, 2.24) is 0 Å². The van der Waals surface area contributed by atoms with Gasteiger partial charge in [-0.25, -0.2) is 0 Å². The van der Waals surface area contributed by atoms with Gasteiger partial charge in [-0.15, -0.1) is 11.3 Å². The predicted molar refractivity (Wildman–Crippen MR) is 52.1 cm³/mol. The van der Waals surface area contributed by atoms with Gasteiger partial charge in [-0.05, 0) is 24.4 Å². The summed E-state index contributed by atoms with van der Waals surface area (Å²) in [5.74, 6) is 0.0636. The van der Waals surface area contributed by atoms with Crippen molar-refractivity contribution in [3.63, 3.8) is 0 Å². The molecule has 0 bridgehead atoms. The first-order valence-corrected chi connectivity index (χ1v) is 5.13. The second-order valence-corrected chi connectivity index (χ2v) is 3.88. The van der Waals surface area contributed by atoms with Crippen molar-refractivity contribution in [2.45, 2.75) is 13.0 Å². The van der Waals surface area contributed by atoms with Crippen molar-refractivity contribution < 1.29 is 9.53 Å². The van der Waals surface area contributed by atoms with Crippen molar-refractivity contribution >= 4 is 22.2 Å². The number of rotatable bonds is 1. The van der Waals surface area contributed by atoms with Gasteiger partial charge in [0.15, 0.2) is 0 Å². The largest absolute Gasteiger partial charge is 0.367 e. The quantitative estimate of drug-likeness (QED) is 0.682. The van der Waals surface area contributed by atoms with E-state index in [0.29, 0.717) is 13.2 Å². The molecule has 0 saturated carbocycles. The summed E-state index contributed by atoms with van der Waals surface area (Å²) in [6.07, 6.45) is -0.296. The first kappa shape index (κ1) is 8.72. The molecule has 0 spiro atoms. The average Bonchev–Trinajstić information content (AvgIpc) is 2.62. The molecule has 1 saturated heterocycles. The van der Waals surface area contributed by atoms with Crippen molar-refractivity contribution in [2.75, 3.05) is 18.1 Å². The number of hydrogen-bond acceptors (Lipinski definition) is 3. The fourth-order valence-electron chi connectivity index (χ4n) is 1.36. The Hall–Kier alpha value is -0.870. The van der Waals surface area contributed by atoms with Crippen LogP contribution in [0.5, 0.6) is 0 Å². The highest BCUT2D eigenvalue weighted by Gasteiger charge is 2.27. The summed E-state index contributed by atoms with van der Waals surface area (Å²) < 4.78 is 5.23. The first-order valence-electron chi connectivity index (χ1n) is 4.25. The van der Waals surface area contributed by atoms with E-state index in [1.54, 1.807) is 23.2 Å². The first-order chi connectivity index (χ1) is 6.29. The Labute approximate surface area is 80.9 Å². The third-order valence-electron chi connectivity index (χ3n) is 2.07. The Morgan fingerprint density at radius 3 is 3.23 bits per heavy atom. The molecular weight excluding hydrogens is 186 g/mol. The molecule has 1 aromatic heterocycles. The lowest BCUT2D eigenvalue weighted by molar-refractivity contribution is -0.132. The zero-order chi connectivity index (χ0) is 9.26. The summed E-state index contributed by atoms with van der Waals surface area (Å²) >= 11 is 1.58. The Kier molecular flexibility index (Phi) is 2.33. The van der Waals surface area contributed by atoms with Crippen LogP contribution in [0.3, 0.4) is 0 Å². The zero-order valence-corrected chi connectivity index (χ0v) is 8.21. The van der Waals surface area contributed by atoms with Gasteiger partial charge in [0.05, 0.1) is 18.2 Å². The molecule has 4 heteroatoms. The van der Waals surface area contributed by atoms with Gasteiger partial charge in [0, 0.05) is 0 Å². The molecule has 0 radical (unpaired) electrons. The van der Waals surface area contributed by atoms with E-state index in [1.165, 1.54) is 0 Å². The number of nitrogens with zero attached hydrogens (tertiary/aromatic N) is 1. The topological polar surface area (TPSA) is 29.5 Å². The van der Waals surface area contributed by atoms with E-state index < -0.39 is 0 Å². The molecule has 1 atom stereocenters. The lowest BCUT2D eigenvalue weighted by Gasteiger charge is -2.29. The van der Waals surface area contributed by atoms with Crippen LogP contribution in [0.4, 0.5) is 5.00 Å². The smallest absolute Gasteiger partial charge is 0.256 e. The molecule has 70 valence electrons. The van der Waals surface area contributed by atoms with Crippen molar-refractivity contribution in [1.29, 1.82) is 0 Å². The molecule has 1 aliphatic heterocycles. The highest BCUT2D eigenvalue weighted by molar-refractivity contribution is 7.14. The van der Waals surface area contributed by atoms with Crippen LogP contribution in [0.25, 0.3) is 0 Å². The second kappa shape index (κ2) is 3.47. The number of amides is 1. The molecule has 0 aromatic carbocycles. The maximum atomic E-state index is 11.6. The molecule has 1 unspecified atom stereocenters. The molecule has 3 nitrogen and oxygen atoms in total. The minimum atomic E-state index is -0.296. The van der Waals surface area contributed by atoms with Gasteiger partial charge in [0.1, 0.15) is 6.10 Å². The van der Waals surface area contributed by atoms with E-state index in [2.05, 4.69) is 0 Å². The van der Waals surface area contributed by atoms with Crippen LogP contribution in [0.15, 0.2) is 17.5 Å². The van der Waals surface area contributed by atoms with E-state index in [1.807, 2.05) is 17.5 Å². The molecule has 1 aliphatic rings. The van der Waals surface area contributed by atoms with Crippen molar-refractivity contribution in [3.8, 4) is 0 Å². The van der Waals surface area contributed by atoms with Gasteiger partial charge in [-0.1, -0.05) is 0 Å². The maximum absolute atomic E-state index is 11.6. The van der Waals surface area contributed by atoms with Crippen LogP contribution in [-0.2, 0) is 9.53 Å². The Morgan fingerprint density at radius 2 is 2.54 bits per heavy atom. The Bertz CT molecular complexity index is 297. The fourth-order valence-corrected chi connectivity index (χ4v) is 2.13. The van der Waals surface area contributed by atoms with Crippen LogP contribution in [0.2, 0.25) is 0 Å². The van der Waals surface area contributed by atoms with E-state index in [0.717, 1.165) is 5.00 Å². The highest BCUT2D eigenvalue weighted by atomic mass is 32.1. The fraction of sp³-hybridized carbons (Fsp3) is 0.444. The molecule has 13 heavy (non-hydrogen) atoms. The summed E-state index contributed by atoms with van der Waals surface area (Å²) in [5.41, 5.74) is 0. The molecule has 1 aromatic rings. The lowest BCUT2D eigenvalue weighted by atomic mass is 10.3. The van der Waals surface area contributed by atoms with E-state index in [9.17, 15) is 4.79 Å². The van der Waals surface area contributed by atoms with Crippen LogP contribution in [0, 0.1) is 0 Å². The molecule has 2 heterocycles. The van der Waals surface area contributed by atoms with Gasteiger partial charge in [0.2, 0.25) is 0 Å². The number of anilines is 1. The minimum absolute atomic E-state index is 0.0636. The summed E-state index contributed by atoms with van der Waals surface area (Å²) in [6.45, 7) is 3.09.